The van der Waals surface area contributed by atoms with Crippen LogP contribution in [-0.4, -0.2) is 22.4 Å². The number of aryl methyl sites for hydroxylation is 1. The fourth-order valence-electron chi connectivity index (χ4n) is 3.30. The quantitative estimate of drug-likeness (QED) is 0.298. The van der Waals surface area contributed by atoms with Gasteiger partial charge in [0.05, 0.1) is 5.52 Å². The first-order chi connectivity index (χ1) is 16.2. The molecule has 1 heterocycles. The van der Waals surface area contributed by atoms with Crippen LogP contribution in [0.2, 0.25) is 5.02 Å². The lowest BCUT2D eigenvalue weighted by Gasteiger charge is -2.13. The monoisotopic (exact) mass is 542 g/mol. The number of aromatic nitrogens is 1. The Morgan fingerprint density at radius 3 is 2.35 bits per heavy atom. The molecule has 0 aliphatic heterocycles. The number of carbonyl (C=O) groups is 3. The van der Waals surface area contributed by atoms with E-state index in [1.165, 1.54) is 16.8 Å². The van der Waals surface area contributed by atoms with Gasteiger partial charge in [0.2, 0.25) is 0 Å². The van der Waals surface area contributed by atoms with Crippen LogP contribution in [0.25, 0.3) is 10.9 Å². The number of nitrogens with one attached hydrogen (secondary N) is 3. The lowest BCUT2D eigenvalue weighted by atomic mass is 10.2. The third-order valence-electron chi connectivity index (χ3n) is 4.95. The molecule has 3 N–H and O–H groups in total. The summed E-state index contributed by atoms with van der Waals surface area (Å²) in [6.45, 7) is 1.84. The number of hydrogen-bond donors (Lipinski definition) is 3. The van der Waals surface area contributed by atoms with Crippen LogP contribution in [0.4, 0.5) is 15.8 Å². The van der Waals surface area contributed by atoms with Gasteiger partial charge in [-0.25, -0.2) is 9.07 Å². The van der Waals surface area contributed by atoms with E-state index >= 15 is 0 Å². The number of benzene rings is 3. The van der Waals surface area contributed by atoms with Gasteiger partial charge in [-0.15, -0.1) is 0 Å². The molecule has 3 aromatic carbocycles. The van der Waals surface area contributed by atoms with Crippen LogP contribution < -0.4 is 16.1 Å². The minimum atomic E-state index is -1.02. The van der Waals surface area contributed by atoms with Gasteiger partial charge in [-0.3, -0.25) is 19.8 Å². The number of anilines is 2. The van der Waals surface area contributed by atoms with Crippen LogP contribution in [0.5, 0.6) is 0 Å². The minimum absolute atomic E-state index is 0.0857. The van der Waals surface area contributed by atoms with Gasteiger partial charge in [-0.2, -0.15) is 0 Å². The maximum Gasteiger partial charge on any atom is 0.328 e. The second kappa shape index (κ2) is 9.66. The van der Waals surface area contributed by atoms with E-state index in [1.807, 2.05) is 13.0 Å². The standard InChI is InChI=1S/C24H17BrClFN4O3/c1-13-10-15(25)2-8-19(13)29-22(32)21-12-14-11-16(26)3-9-20(14)31(21)30-24(34)23(33)28-18-6-4-17(27)5-7-18/h2-12H,1H3,(H,28,33)(H,29,32)(H,30,34). The Bertz CT molecular complexity index is 1440. The molecule has 0 radical (unpaired) electrons. The van der Waals surface area contributed by atoms with Crippen molar-refractivity contribution in [2.75, 3.05) is 16.1 Å². The largest absolute Gasteiger partial charge is 0.328 e. The molecule has 0 unspecified atom stereocenters. The smallest absolute Gasteiger partial charge is 0.320 e. The van der Waals surface area contributed by atoms with Crippen LogP contribution in [-0.2, 0) is 9.59 Å². The topological polar surface area (TPSA) is 92.2 Å². The summed E-state index contributed by atoms with van der Waals surface area (Å²) in [5, 5.41) is 6.23. The van der Waals surface area contributed by atoms with Crippen molar-refractivity contribution < 1.29 is 18.8 Å². The lowest BCUT2D eigenvalue weighted by Crippen LogP contribution is -2.36. The summed E-state index contributed by atoms with van der Waals surface area (Å²) < 4.78 is 15.2. The molecule has 0 saturated heterocycles. The Balaban J connectivity index is 1.63. The summed E-state index contributed by atoms with van der Waals surface area (Å²) in [6.07, 6.45) is 0. The molecule has 10 heteroatoms. The Kier molecular flexibility index (Phi) is 6.67. The second-order valence-electron chi connectivity index (χ2n) is 7.38. The van der Waals surface area contributed by atoms with Crippen molar-refractivity contribution in [3.8, 4) is 0 Å². The van der Waals surface area contributed by atoms with Crippen LogP contribution in [0.15, 0.2) is 71.2 Å². The Labute approximate surface area is 207 Å². The third-order valence-corrected chi connectivity index (χ3v) is 5.68. The molecular formula is C24H17BrClFN4O3. The molecule has 0 bridgehead atoms. The summed E-state index contributed by atoms with van der Waals surface area (Å²) in [4.78, 5) is 38.2. The number of halogens is 3. The van der Waals surface area contributed by atoms with Crippen molar-refractivity contribution in [1.82, 2.24) is 4.68 Å². The summed E-state index contributed by atoms with van der Waals surface area (Å²) in [5.41, 5.74) is 4.66. The van der Waals surface area contributed by atoms with Crippen molar-refractivity contribution in [3.05, 3.63) is 93.3 Å². The number of rotatable bonds is 4. The molecule has 0 aliphatic rings. The minimum Gasteiger partial charge on any atom is -0.320 e. The maximum absolute atomic E-state index is 13.1. The van der Waals surface area contributed by atoms with E-state index in [2.05, 4.69) is 32.0 Å². The highest BCUT2D eigenvalue weighted by atomic mass is 79.9. The van der Waals surface area contributed by atoms with Crippen molar-refractivity contribution >= 4 is 67.5 Å². The summed E-state index contributed by atoms with van der Waals surface area (Å²) in [7, 11) is 0. The predicted molar refractivity (Wildman–Crippen MR) is 133 cm³/mol. The van der Waals surface area contributed by atoms with E-state index in [0.717, 1.165) is 22.2 Å². The van der Waals surface area contributed by atoms with Gasteiger partial charge < -0.3 is 10.6 Å². The normalized spacial score (nSPS) is 10.7. The zero-order chi connectivity index (χ0) is 24.4. The highest BCUT2D eigenvalue weighted by molar-refractivity contribution is 9.10. The van der Waals surface area contributed by atoms with Gasteiger partial charge in [0.25, 0.3) is 5.91 Å². The van der Waals surface area contributed by atoms with Crippen molar-refractivity contribution in [2.24, 2.45) is 0 Å². The summed E-state index contributed by atoms with van der Waals surface area (Å²) in [5.74, 6) is -2.99. The first-order valence-corrected chi connectivity index (χ1v) is 11.1. The van der Waals surface area contributed by atoms with Crippen LogP contribution in [0, 0.1) is 12.7 Å². The summed E-state index contributed by atoms with van der Waals surface area (Å²) >= 11 is 9.47. The second-order valence-corrected chi connectivity index (χ2v) is 8.74. The number of nitrogens with zero attached hydrogens (tertiary/aromatic N) is 1. The van der Waals surface area contributed by atoms with Crippen molar-refractivity contribution in [3.63, 3.8) is 0 Å². The van der Waals surface area contributed by atoms with Gasteiger partial charge in [0, 0.05) is 26.3 Å². The van der Waals surface area contributed by atoms with Gasteiger partial charge in [-0.1, -0.05) is 27.5 Å². The van der Waals surface area contributed by atoms with E-state index in [4.69, 9.17) is 11.6 Å². The van der Waals surface area contributed by atoms with E-state index in [1.54, 1.807) is 36.4 Å². The number of fused-ring (bicyclic) bond motifs is 1. The van der Waals surface area contributed by atoms with Crippen LogP contribution in [0.1, 0.15) is 16.1 Å². The highest BCUT2D eigenvalue weighted by Gasteiger charge is 2.21. The molecule has 0 fully saturated rings. The number of carbonyl (C=O) groups excluding carboxylic acids is 3. The zero-order valence-corrected chi connectivity index (χ0v) is 20.0. The number of hydrogen-bond acceptors (Lipinski definition) is 3. The Morgan fingerprint density at radius 1 is 0.912 bits per heavy atom. The fourth-order valence-corrected chi connectivity index (χ4v) is 3.96. The molecule has 0 saturated carbocycles. The average Bonchev–Trinajstić information content (AvgIpc) is 3.14. The first-order valence-electron chi connectivity index (χ1n) is 9.97. The zero-order valence-electron chi connectivity index (χ0n) is 17.7. The summed E-state index contributed by atoms with van der Waals surface area (Å²) in [6, 6.07) is 16.8. The van der Waals surface area contributed by atoms with E-state index in [9.17, 15) is 18.8 Å². The highest BCUT2D eigenvalue weighted by Crippen LogP contribution is 2.25. The average molecular weight is 544 g/mol. The molecular weight excluding hydrogens is 527 g/mol. The van der Waals surface area contributed by atoms with E-state index in [-0.39, 0.29) is 11.4 Å². The molecule has 0 spiro atoms. The lowest BCUT2D eigenvalue weighted by molar-refractivity contribution is -0.133. The SMILES string of the molecule is Cc1cc(Br)ccc1NC(=O)c1cc2cc(Cl)ccc2n1NC(=O)C(=O)Nc1ccc(F)cc1. The molecule has 4 rings (SSSR count). The molecule has 3 amide bonds. The Morgan fingerprint density at radius 2 is 1.65 bits per heavy atom. The van der Waals surface area contributed by atoms with E-state index < -0.39 is 23.5 Å². The predicted octanol–water partition coefficient (Wildman–Crippen LogP) is 5.47. The van der Waals surface area contributed by atoms with Crippen LogP contribution >= 0.6 is 27.5 Å². The first kappa shape index (κ1) is 23.5. The fraction of sp³-hybridized carbons (Fsp3) is 0.0417. The van der Waals surface area contributed by atoms with E-state index in [0.29, 0.717) is 21.6 Å². The molecule has 0 aliphatic carbocycles. The molecule has 1 aromatic heterocycles. The van der Waals surface area contributed by atoms with Crippen molar-refractivity contribution in [1.29, 1.82) is 0 Å². The van der Waals surface area contributed by atoms with Gasteiger partial charge in [0.15, 0.2) is 0 Å². The van der Waals surface area contributed by atoms with Gasteiger partial charge in [0.1, 0.15) is 11.5 Å². The van der Waals surface area contributed by atoms with Gasteiger partial charge in [-0.05, 0) is 79.2 Å². The third kappa shape index (κ3) is 5.11. The Hall–Kier alpha value is -3.69. The molecule has 7 nitrogen and oxygen atoms in total. The number of amides is 3. The maximum atomic E-state index is 13.1. The molecule has 4 aromatic rings. The van der Waals surface area contributed by atoms with Gasteiger partial charge >= 0.3 is 11.8 Å². The molecule has 0 atom stereocenters. The van der Waals surface area contributed by atoms with Crippen molar-refractivity contribution in [2.45, 2.75) is 6.92 Å². The molecule has 172 valence electrons. The molecule has 34 heavy (non-hydrogen) atoms. The van der Waals surface area contributed by atoms with Crippen LogP contribution in [0.3, 0.4) is 0 Å².